The molecule has 0 aliphatic heterocycles. The van der Waals surface area contributed by atoms with E-state index in [2.05, 4.69) is 18.6 Å². The van der Waals surface area contributed by atoms with Gasteiger partial charge in [-0.15, -0.1) is 0 Å². The van der Waals surface area contributed by atoms with Gasteiger partial charge in [-0.3, -0.25) is 9.59 Å². The molecule has 0 aromatic heterocycles. The Hall–Kier alpha value is -1.06. The van der Waals surface area contributed by atoms with E-state index in [1.807, 2.05) is 0 Å². The largest absolute Gasteiger partial charge is 0.483 e. The minimum absolute atomic E-state index is 0.211. The molecule has 0 saturated heterocycles. The number of rotatable bonds is 5. The molecule has 0 aliphatic carbocycles. The fourth-order valence-corrected chi connectivity index (χ4v) is 0.880. The highest BCUT2D eigenvalue weighted by Crippen LogP contribution is 2.00. The highest BCUT2D eigenvalue weighted by Gasteiger charge is 1.81. The molecule has 0 amide bonds. The van der Waals surface area contributed by atoms with Crippen molar-refractivity contribution in [3.63, 3.8) is 0 Å². The molecule has 4 nitrogen and oxygen atoms in total. The lowest BCUT2D eigenvalue weighted by atomic mass is 10.2. The molecule has 0 rings (SSSR count). The Morgan fingerprint density at radius 3 is 1.62 bits per heavy atom. The maximum atomic E-state index is 9.82. The Morgan fingerprint density at radius 2 is 1.50 bits per heavy atom. The number of esters is 1. The van der Waals surface area contributed by atoms with Gasteiger partial charge in [-0.1, -0.05) is 46.0 Å². The number of carbonyl (C=O) groups is 2. The third-order valence-electron chi connectivity index (χ3n) is 1.55. The van der Waals surface area contributed by atoms with Gasteiger partial charge in [0.2, 0.25) is 0 Å². The smallest absolute Gasteiger partial charge is 0.302 e. The number of hydrogen-bond acceptors (Lipinski definition) is 3. The summed E-state index contributed by atoms with van der Waals surface area (Å²) in [5.41, 5.74) is 0. The molecule has 0 aromatic rings. The standard InChI is InChI=1S/C7H16.C4H8O2.CH2O2/c1-3-5-7-6-4-2;1-3-6-4(2)5;2-1-3/h3-7H2,1-2H3;3H2,1-2H3;1H,(H,2,3). The Morgan fingerprint density at radius 1 is 1.12 bits per heavy atom. The highest BCUT2D eigenvalue weighted by atomic mass is 16.5. The normalized spacial score (nSPS) is 7.75. The molecule has 0 bridgehead atoms. The van der Waals surface area contributed by atoms with E-state index in [-0.39, 0.29) is 12.4 Å². The monoisotopic (exact) mass is 234 g/mol. The number of unbranched alkanes of at least 4 members (excludes halogenated alkanes) is 4. The van der Waals surface area contributed by atoms with Gasteiger partial charge in [-0.25, -0.2) is 0 Å². The lowest BCUT2D eigenvalue weighted by Gasteiger charge is -1.90. The van der Waals surface area contributed by atoms with Crippen LogP contribution in [0.5, 0.6) is 0 Å². The molecule has 0 aromatic carbocycles. The number of ether oxygens (including phenoxy) is 1. The van der Waals surface area contributed by atoms with Crippen LogP contribution < -0.4 is 0 Å². The van der Waals surface area contributed by atoms with Crippen LogP contribution in [0.2, 0.25) is 0 Å². The molecule has 0 atom stereocenters. The third kappa shape index (κ3) is 52.3. The fourth-order valence-electron chi connectivity index (χ4n) is 0.880. The second-order valence-electron chi connectivity index (χ2n) is 3.09. The first-order valence-corrected chi connectivity index (χ1v) is 5.81. The first-order valence-electron chi connectivity index (χ1n) is 5.81. The minimum atomic E-state index is -0.250. The molecule has 0 saturated carbocycles. The second-order valence-corrected chi connectivity index (χ2v) is 3.09. The molecule has 0 spiro atoms. The number of hydrogen-bond donors (Lipinski definition) is 1. The molecule has 1 N–H and O–H groups in total. The van der Waals surface area contributed by atoms with Gasteiger partial charge in [-0.2, -0.15) is 0 Å². The number of carboxylic acid groups (broad SMARTS) is 1. The van der Waals surface area contributed by atoms with Gasteiger partial charge in [0.1, 0.15) is 0 Å². The molecule has 0 radical (unpaired) electrons. The van der Waals surface area contributed by atoms with Crippen molar-refractivity contribution in [2.24, 2.45) is 0 Å². The molecule has 0 aliphatic rings. The van der Waals surface area contributed by atoms with E-state index in [1.54, 1.807) is 6.92 Å². The van der Waals surface area contributed by atoms with Crippen molar-refractivity contribution in [2.75, 3.05) is 6.61 Å². The van der Waals surface area contributed by atoms with E-state index in [9.17, 15) is 4.79 Å². The topological polar surface area (TPSA) is 63.6 Å². The summed E-state index contributed by atoms with van der Waals surface area (Å²) >= 11 is 0. The molecular formula is C12H26O4. The number of carbonyl (C=O) groups excluding carboxylic acids is 1. The van der Waals surface area contributed by atoms with E-state index in [0.717, 1.165) is 0 Å². The minimum Gasteiger partial charge on any atom is -0.483 e. The first kappa shape index (κ1) is 20.4. The summed E-state index contributed by atoms with van der Waals surface area (Å²) in [6, 6.07) is 0. The van der Waals surface area contributed by atoms with Gasteiger partial charge in [-0.05, 0) is 6.92 Å². The van der Waals surface area contributed by atoms with Crippen LogP contribution in [-0.4, -0.2) is 24.2 Å². The average molecular weight is 234 g/mol. The van der Waals surface area contributed by atoms with Crippen LogP contribution in [0.25, 0.3) is 0 Å². The van der Waals surface area contributed by atoms with E-state index in [1.165, 1.54) is 39.0 Å². The van der Waals surface area contributed by atoms with Crippen LogP contribution in [0, 0.1) is 0 Å². The van der Waals surface area contributed by atoms with Crippen LogP contribution in [0.4, 0.5) is 0 Å². The Balaban J connectivity index is -0.000000172. The molecular weight excluding hydrogens is 208 g/mol. The third-order valence-corrected chi connectivity index (χ3v) is 1.55. The molecule has 16 heavy (non-hydrogen) atoms. The molecule has 4 heteroatoms. The lowest BCUT2D eigenvalue weighted by molar-refractivity contribution is -0.140. The maximum absolute atomic E-state index is 9.82. The summed E-state index contributed by atoms with van der Waals surface area (Å²) in [7, 11) is 0. The van der Waals surface area contributed by atoms with Gasteiger partial charge >= 0.3 is 5.97 Å². The SMILES string of the molecule is CCCCCCC.CCOC(C)=O.O=CO. The van der Waals surface area contributed by atoms with Crippen molar-refractivity contribution in [3.8, 4) is 0 Å². The van der Waals surface area contributed by atoms with E-state index >= 15 is 0 Å². The Labute approximate surface area is 99.0 Å². The van der Waals surface area contributed by atoms with Crippen molar-refractivity contribution < 1.29 is 19.4 Å². The van der Waals surface area contributed by atoms with Crippen molar-refractivity contribution in [3.05, 3.63) is 0 Å². The average Bonchev–Trinajstić information content (AvgIpc) is 2.20. The summed E-state index contributed by atoms with van der Waals surface area (Å²) in [6.45, 7) is 7.89. The van der Waals surface area contributed by atoms with Crippen LogP contribution >= 0.6 is 0 Å². The van der Waals surface area contributed by atoms with Crippen molar-refractivity contribution in [1.82, 2.24) is 0 Å². The van der Waals surface area contributed by atoms with Crippen molar-refractivity contribution >= 4 is 12.4 Å². The Bertz CT molecular complexity index is 131. The second kappa shape index (κ2) is 23.6. The quantitative estimate of drug-likeness (QED) is 0.450. The van der Waals surface area contributed by atoms with E-state index in [0.29, 0.717) is 6.61 Å². The van der Waals surface area contributed by atoms with E-state index in [4.69, 9.17) is 9.90 Å². The molecule has 0 unspecified atom stereocenters. The zero-order valence-electron chi connectivity index (χ0n) is 11.0. The first-order chi connectivity index (χ1) is 7.60. The van der Waals surface area contributed by atoms with Crippen LogP contribution in [-0.2, 0) is 14.3 Å². The van der Waals surface area contributed by atoms with E-state index < -0.39 is 0 Å². The van der Waals surface area contributed by atoms with Crippen molar-refractivity contribution in [1.29, 1.82) is 0 Å². The predicted molar refractivity (Wildman–Crippen MR) is 65.4 cm³/mol. The summed E-state index contributed by atoms with van der Waals surface area (Å²) in [5, 5.41) is 6.89. The zero-order chi connectivity index (χ0) is 13.2. The van der Waals surface area contributed by atoms with Gasteiger partial charge in [0.15, 0.2) is 0 Å². The van der Waals surface area contributed by atoms with Gasteiger partial charge in [0, 0.05) is 6.92 Å². The molecule has 98 valence electrons. The maximum Gasteiger partial charge on any atom is 0.302 e. The summed E-state index contributed by atoms with van der Waals surface area (Å²) in [5.74, 6) is -0.211. The van der Waals surface area contributed by atoms with Gasteiger partial charge in [0.25, 0.3) is 6.47 Å². The van der Waals surface area contributed by atoms with Gasteiger partial charge in [0.05, 0.1) is 6.61 Å². The summed E-state index contributed by atoms with van der Waals surface area (Å²) in [6.07, 6.45) is 7.01. The van der Waals surface area contributed by atoms with Crippen molar-refractivity contribution in [2.45, 2.75) is 59.8 Å². The van der Waals surface area contributed by atoms with Crippen LogP contribution in [0.3, 0.4) is 0 Å². The Kier molecular flexibility index (Phi) is 30.1. The highest BCUT2D eigenvalue weighted by molar-refractivity contribution is 5.65. The molecule has 0 heterocycles. The van der Waals surface area contributed by atoms with Crippen LogP contribution in [0.1, 0.15) is 59.8 Å². The zero-order valence-corrected chi connectivity index (χ0v) is 11.0. The van der Waals surface area contributed by atoms with Crippen LogP contribution in [0.15, 0.2) is 0 Å². The van der Waals surface area contributed by atoms with Gasteiger partial charge < -0.3 is 9.84 Å². The summed E-state index contributed by atoms with van der Waals surface area (Å²) in [4.78, 5) is 18.2. The fraction of sp³-hybridized carbons (Fsp3) is 0.833. The predicted octanol–water partition coefficient (Wildman–Crippen LogP) is 3.25. The molecule has 0 fully saturated rings. The lowest BCUT2D eigenvalue weighted by Crippen LogP contribution is -1.95. The summed E-state index contributed by atoms with van der Waals surface area (Å²) < 4.78 is 4.40.